The number of rotatable bonds is 1. The highest BCUT2D eigenvalue weighted by Gasteiger charge is 2.34. The molecule has 0 saturated carbocycles. The largest absolute Gasteiger partial charge is 0.494 e. The Morgan fingerprint density at radius 1 is 1.00 bits per heavy atom. The number of carbonyl (C=O) groups is 3. The summed E-state index contributed by atoms with van der Waals surface area (Å²) in [4.78, 5) is 56.8. The molecule has 11 nitrogen and oxygen atoms in total. The third-order valence-corrected chi connectivity index (χ3v) is 7.15. The lowest BCUT2D eigenvalue weighted by Crippen LogP contribution is -2.42. The van der Waals surface area contributed by atoms with Crippen molar-refractivity contribution in [1.29, 1.82) is 0 Å². The predicted octanol–water partition coefficient (Wildman–Crippen LogP) is 4.26. The fraction of sp³-hybridized carbons (Fsp3) is 0.242. The Morgan fingerprint density at radius 2 is 1.82 bits per heavy atom. The molecular formula is C33H32N4O7. The van der Waals surface area contributed by atoms with Gasteiger partial charge in [0.25, 0.3) is 23.3 Å². The van der Waals surface area contributed by atoms with Gasteiger partial charge in [-0.15, -0.1) is 0 Å². The lowest BCUT2D eigenvalue weighted by molar-refractivity contribution is -0.134. The molecule has 1 atom stereocenters. The number of nitrogens with zero attached hydrogens (tertiary/aromatic N) is 2. The summed E-state index contributed by atoms with van der Waals surface area (Å²) < 4.78 is 12.1. The highest BCUT2D eigenvalue weighted by Crippen LogP contribution is 2.39. The number of ether oxygens (including phenoxy) is 2. The molecule has 0 fully saturated rings. The Labute approximate surface area is 253 Å². The first-order chi connectivity index (χ1) is 21.2. The maximum atomic E-state index is 13.8. The van der Waals surface area contributed by atoms with Crippen LogP contribution >= 0.6 is 0 Å². The number of aromatic nitrogens is 2. The Morgan fingerprint density at radius 3 is 2.61 bits per heavy atom. The molecule has 5 heterocycles. The molecule has 2 aromatic carbocycles. The zero-order valence-corrected chi connectivity index (χ0v) is 24.3. The van der Waals surface area contributed by atoms with Crippen molar-refractivity contribution in [2.45, 2.75) is 32.7 Å². The number of aromatic amines is 1. The van der Waals surface area contributed by atoms with Gasteiger partial charge in [0.1, 0.15) is 22.8 Å². The van der Waals surface area contributed by atoms with Crippen LogP contribution in [-0.4, -0.2) is 57.5 Å². The molecule has 1 unspecified atom stereocenters. The summed E-state index contributed by atoms with van der Waals surface area (Å²) in [6.07, 6.45) is 4.26. The van der Waals surface area contributed by atoms with Crippen LogP contribution in [0.2, 0.25) is 0 Å². The van der Waals surface area contributed by atoms with Crippen molar-refractivity contribution >= 4 is 17.8 Å². The van der Waals surface area contributed by atoms with Gasteiger partial charge in [-0.2, -0.15) is 0 Å². The van der Waals surface area contributed by atoms with Crippen LogP contribution in [0.15, 0.2) is 77.9 Å². The Bertz CT molecular complexity index is 1760. The number of benzene rings is 2. The highest BCUT2D eigenvalue weighted by molar-refractivity contribution is 5.95. The average molecular weight is 597 g/mol. The first-order valence-electron chi connectivity index (χ1n) is 14.2. The second kappa shape index (κ2) is 13.2. The van der Waals surface area contributed by atoms with Crippen LogP contribution in [0, 0.1) is 6.92 Å². The minimum Gasteiger partial charge on any atom is -0.494 e. The van der Waals surface area contributed by atoms with E-state index in [1.165, 1.54) is 6.20 Å². The molecule has 3 aliphatic rings. The summed E-state index contributed by atoms with van der Waals surface area (Å²) in [5.41, 5.74) is 3.65. The second-order valence-electron chi connectivity index (χ2n) is 10.5. The number of aryl methyl sites for hydroxylation is 1. The minimum absolute atomic E-state index is 0.107. The van der Waals surface area contributed by atoms with Crippen LogP contribution in [0.5, 0.6) is 17.2 Å². The third kappa shape index (κ3) is 6.95. The normalized spacial score (nSPS) is 15.7. The number of nitrogens with one attached hydrogen (secondary N) is 2. The topological polar surface area (TPSA) is 151 Å². The summed E-state index contributed by atoms with van der Waals surface area (Å²) in [7, 11) is 0. The lowest BCUT2D eigenvalue weighted by Gasteiger charge is -2.38. The number of amides is 2. The van der Waals surface area contributed by atoms with E-state index in [0.29, 0.717) is 61.0 Å². The SMILES string of the molecule is CC(=O)O.Cc1ccc(C(=O)N2CCc3cc4ccc3C2c2cccc(c2)OCCCNC(=O)c2cncc(c2)O4)c(=O)[nH]1. The number of H-pyrrole nitrogens is 1. The van der Waals surface area contributed by atoms with E-state index in [9.17, 15) is 14.4 Å². The fourth-order valence-electron chi connectivity index (χ4n) is 5.22. The highest BCUT2D eigenvalue weighted by atomic mass is 16.5. The van der Waals surface area contributed by atoms with Crippen molar-refractivity contribution in [2.24, 2.45) is 0 Å². The Kier molecular flexibility index (Phi) is 9.03. The van der Waals surface area contributed by atoms with E-state index in [1.807, 2.05) is 42.5 Å². The molecule has 0 aliphatic carbocycles. The van der Waals surface area contributed by atoms with Crippen molar-refractivity contribution in [3.63, 3.8) is 0 Å². The molecule has 0 radical (unpaired) electrons. The number of aliphatic carboxylic acids is 1. The summed E-state index contributed by atoms with van der Waals surface area (Å²) in [5.74, 6) is 0.322. The van der Waals surface area contributed by atoms with Crippen LogP contribution in [0.3, 0.4) is 0 Å². The molecule has 3 aliphatic heterocycles. The standard InChI is InChI=1S/C31H28N4O5.C2H4O2/c1-19-6-8-27(30(37)34-19)31(38)35-12-10-20-14-24-7-9-26(20)28(35)21-4-2-5-23(15-21)39-13-3-11-33-29(36)22-16-25(40-24)18-32-17-22;1-2(3)4/h2,4-9,14-18,28H,3,10-13H2,1H3,(H,33,36)(H,34,37);1H3,(H,3,4). The van der Waals surface area contributed by atoms with Gasteiger partial charge in [0.15, 0.2) is 0 Å². The number of pyridine rings is 2. The summed E-state index contributed by atoms with van der Waals surface area (Å²) in [6.45, 7) is 4.11. The number of carbonyl (C=O) groups excluding carboxylic acids is 2. The molecule has 2 amide bonds. The number of fused-ring (bicyclic) bond motifs is 6. The van der Waals surface area contributed by atoms with Crippen molar-refractivity contribution in [3.05, 3.63) is 117 Å². The summed E-state index contributed by atoms with van der Waals surface area (Å²) >= 11 is 0. The van der Waals surface area contributed by atoms with E-state index in [-0.39, 0.29) is 17.4 Å². The zero-order valence-electron chi connectivity index (χ0n) is 24.3. The second-order valence-corrected chi connectivity index (χ2v) is 10.5. The molecule has 0 spiro atoms. The monoisotopic (exact) mass is 596 g/mol. The van der Waals surface area contributed by atoms with Gasteiger partial charge in [0.05, 0.1) is 24.4 Å². The smallest absolute Gasteiger partial charge is 0.300 e. The van der Waals surface area contributed by atoms with Gasteiger partial charge >= 0.3 is 0 Å². The molecule has 44 heavy (non-hydrogen) atoms. The van der Waals surface area contributed by atoms with E-state index < -0.39 is 17.6 Å². The number of hydrogen-bond donors (Lipinski definition) is 3. The first-order valence-corrected chi connectivity index (χ1v) is 14.2. The molecular weight excluding hydrogens is 564 g/mol. The summed E-state index contributed by atoms with van der Waals surface area (Å²) in [5, 5.41) is 10.3. The third-order valence-electron chi connectivity index (χ3n) is 7.15. The maximum absolute atomic E-state index is 13.8. The van der Waals surface area contributed by atoms with Crippen molar-refractivity contribution in [2.75, 3.05) is 19.7 Å². The minimum atomic E-state index is -0.833. The van der Waals surface area contributed by atoms with Gasteiger partial charge in [-0.1, -0.05) is 18.2 Å². The van der Waals surface area contributed by atoms with Crippen LogP contribution in [0.25, 0.3) is 0 Å². The molecule has 8 bridgehead atoms. The fourth-order valence-corrected chi connectivity index (χ4v) is 5.22. The van der Waals surface area contributed by atoms with Gasteiger partial charge in [-0.3, -0.25) is 24.2 Å². The van der Waals surface area contributed by atoms with Gasteiger partial charge in [-0.25, -0.2) is 0 Å². The number of carboxylic acids is 1. The van der Waals surface area contributed by atoms with Crippen LogP contribution < -0.4 is 20.3 Å². The van der Waals surface area contributed by atoms with Gasteiger partial charge in [-0.05, 0) is 78.9 Å². The van der Waals surface area contributed by atoms with E-state index in [2.05, 4.69) is 15.3 Å². The molecule has 0 saturated heterocycles. The predicted molar refractivity (Wildman–Crippen MR) is 161 cm³/mol. The van der Waals surface area contributed by atoms with Gasteiger partial charge in [0.2, 0.25) is 0 Å². The lowest BCUT2D eigenvalue weighted by atomic mass is 9.87. The molecule has 11 heteroatoms. The zero-order chi connectivity index (χ0) is 31.2. The maximum Gasteiger partial charge on any atom is 0.300 e. The Balaban J connectivity index is 0.000000906. The van der Waals surface area contributed by atoms with Crippen molar-refractivity contribution < 1.29 is 29.0 Å². The molecule has 3 N–H and O–H groups in total. The van der Waals surface area contributed by atoms with E-state index in [4.69, 9.17) is 19.4 Å². The van der Waals surface area contributed by atoms with E-state index in [0.717, 1.165) is 23.6 Å². The van der Waals surface area contributed by atoms with Gasteiger partial charge in [0, 0.05) is 31.9 Å². The van der Waals surface area contributed by atoms with Crippen LogP contribution in [0.4, 0.5) is 0 Å². The molecule has 7 rings (SSSR count). The van der Waals surface area contributed by atoms with Gasteiger partial charge < -0.3 is 29.8 Å². The molecule has 2 aromatic heterocycles. The van der Waals surface area contributed by atoms with E-state index >= 15 is 0 Å². The van der Waals surface area contributed by atoms with Crippen molar-refractivity contribution in [3.8, 4) is 17.2 Å². The van der Waals surface area contributed by atoms with Crippen LogP contribution in [-0.2, 0) is 11.2 Å². The molecule has 226 valence electrons. The van der Waals surface area contributed by atoms with E-state index in [1.54, 1.807) is 36.2 Å². The quantitative estimate of drug-likeness (QED) is 0.295. The first kappa shape index (κ1) is 30.0. The summed E-state index contributed by atoms with van der Waals surface area (Å²) in [6, 6.07) is 18.0. The number of hydrogen-bond acceptors (Lipinski definition) is 7. The number of carboxylic acid groups (broad SMARTS) is 1. The Hall–Kier alpha value is -5.45. The van der Waals surface area contributed by atoms with Crippen LogP contribution in [0.1, 0.15) is 62.5 Å². The average Bonchev–Trinajstić information content (AvgIpc) is 2.99. The van der Waals surface area contributed by atoms with Crippen molar-refractivity contribution in [1.82, 2.24) is 20.2 Å². The molecule has 4 aromatic rings.